The van der Waals surface area contributed by atoms with Crippen molar-refractivity contribution in [3.05, 3.63) is 17.5 Å². The molecule has 2 aliphatic rings. The van der Waals surface area contributed by atoms with Crippen LogP contribution in [0.5, 0.6) is 0 Å². The number of H-pyrrole nitrogens is 1. The largest absolute Gasteiger partial charge is 0.330 e. The van der Waals surface area contributed by atoms with E-state index < -0.39 is 0 Å². The maximum atomic E-state index is 5.71. The van der Waals surface area contributed by atoms with Crippen LogP contribution in [0.4, 0.5) is 0 Å². The molecule has 2 atom stereocenters. The molecular weight excluding hydrogens is 212 g/mol. The summed E-state index contributed by atoms with van der Waals surface area (Å²) in [7, 11) is 0. The number of nitrogens with one attached hydrogen (secondary N) is 1. The summed E-state index contributed by atoms with van der Waals surface area (Å²) in [4.78, 5) is 2.64. The van der Waals surface area contributed by atoms with E-state index in [-0.39, 0.29) is 0 Å². The standard InChI is InChI=1S/C13H22N4/c14-4-3-10-7-12-11(9-15-16-12)13(8-10)17-5-1-2-6-17/h9-10,13H,1-8,14H2,(H,15,16). The molecule has 1 aliphatic heterocycles. The molecule has 4 nitrogen and oxygen atoms in total. The number of likely N-dealkylation sites (tertiary alicyclic amines) is 1. The summed E-state index contributed by atoms with van der Waals surface area (Å²) in [6.07, 6.45) is 8.29. The Morgan fingerprint density at radius 3 is 3.00 bits per heavy atom. The number of fused-ring (bicyclic) bond motifs is 1. The lowest BCUT2D eigenvalue weighted by Crippen LogP contribution is -2.32. The third-order valence-electron chi connectivity index (χ3n) is 4.32. The molecule has 3 rings (SSSR count). The van der Waals surface area contributed by atoms with Crippen molar-refractivity contribution in [2.75, 3.05) is 19.6 Å². The van der Waals surface area contributed by atoms with Gasteiger partial charge in [0.2, 0.25) is 0 Å². The van der Waals surface area contributed by atoms with Crippen LogP contribution >= 0.6 is 0 Å². The molecule has 0 spiro atoms. The fourth-order valence-corrected chi connectivity index (χ4v) is 3.44. The Labute approximate surface area is 103 Å². The number of nitrogens with zero attached hydrogens (tertiary/aromatic N) is 2. The van der Waals surface area contributed by atoms with Crippen LogP contribution in [0.1, 0.15) is 43.0 Å². The third kappa shape index (κ3) is 2.11. The molecule has 3 N–H and O–H groups in total. The Hall–Kier alpha value is -0.870. The molecule has 0 bridgehead atoms. The number of hydrogen-bond acceptors (Lipinski definition) is 3. The molecule has 0 aromatic carbocycles. The number of nitrogens with two attached hydrogens (primary N) is 1. The summed E-state index contributed by atoms with van der Waals surface area (Å²) in [6.45, 7) is 3.32. The van der Waals surface area contributed by atoms with E-state index in [1.807, 2.05) is 6.20 Å². The monoisotopic (exact) mass is 234 g/mol. The van der Waals surface area contributed by atoms with Crippen LogP contribution in [0.25, 0.3) is 0 Å². The lowest BCUT2D eigenvalue weighted by atomic mass is 9.82. The van der Waals surface area contributed by atoms with Crippen molar-refractivity contribution in [1.29, 1.82) is 0 Å². The second-order valence-electron chi connectivity index (χ2n) is 5.45. The van der Waals surface area contributed by atoms with Crippen LogP contribution in [-0.4, -0.2) is 34.7 Å². The average Bonchev–Trinajstić information content (AvgIpc) is 2.99. The highest BCUT2D eigenvalue weighted by atomic mass is 15.2. The minimum atomic E-state index is 0.594. The molecule has 0 radical (unpaired) electrons. The van der Waals surface area contributed by atoms with Crippen molar-refractivity contribution >= 4 is 0 Å². The minimum Gasteiger partial charge on any atom is -0.330 e. The first-order valence-corrected chi connectivity index (χ1v) is 6.84. The van der Waals surface area contributed by atoms with Gasteiger partial charge in [0.15, 0.2) is 0 Å². The molecule has 17 heavy (non-hydrogen) atoms. The van der Waals surface area contributed by atoms with Crippen LogP contribution in [-0.2, 0) is 6.42 Å². The van der Waals surface area contributed by atoms with E-state index >= 15 is 0 Å². The highest BCUT2D eigenvalue weighted by molar-refractivity contribution is 5.25. The predicted molar refractivity (Wildman–Crippen MR) is 67.6 cm³/mol. The van der Waals surface area contributed by atoms with Crippen LogP contribution < -0.4 is 5.73 Å². The van der Waals surface area contributed by atoms with Gasteiger partial charge in [0.1, 0.15) is 0 Å². The zero-order valence-electron chi connectivity index (χ0n) is 10.4. The zero-order valence-corrected chi connectivity index (χ0v) is 10.4. The molecule has 2 heterocycles. The van der Waals surface area contributed by atoms with E-state index in [0.717, 1.165) is 25.3 Å². The highest BCUT2D eigenvalue weighted by Gasteiger charge is 2.32. The van der Waals surface area contributed by atoms with E-state index in [4.69, 9.17) is 5.73 Å². The van der Waals surface area contributed by atoms with Gasteiger partial charge in [-0.05, 0) is 57.7 Å². The van der Waals surface area contributed by atoms with E-state index in [1.54, 1.807) is 0 Å². The van der Waals surface area contributed by atoms with Gasteiger partial charge in [0.25, 0.3) is 0 Å². The first kappa shape index (κ1) is 11.2. The summed E-state index contributed by atoms with van der Waals surface area (Å²) in [5, 5.41) is 7.42. The Morgan fingerprint density at radius 1 is 1.41 bits per heavy atom. The maximum absolute atomic E-state index is 5.71. The molecule has 1 aromatic heterocycles. The van der Waals surface area contributed by atoms with E-state index in [2.05, 4.69) is 15.1 Å². The van der Waals surface area contributed by atoms with Gasteiger partial charge in [0.05, 0.1) is 6.20 Å². The Kier molecular flexibility index (Phi) is 3.16. The van der Waals surface area contributed by atoms with E-state index in [0.29, 0.717) is 6.04 Å². The second-order valence-corrected chi connectivity index (χ2v) is 5.45. The molecule has 0 saturated carbocycles. The lowest BCUT2D eigenvalue weighted by molar-refractivity contribution is 0.189. The van der Waals surface area contributed by atoms with Gasteiger partial charge >= 0.3 is 0 Å². The number of rotatable bonds is 3. The molecule has 0 amide bonds. The molecule has 1 aliphatic carbocycles. The molecule has 1 fully saturated rings. The van der Waals surface area contributed by atoms with Gasteiger partial charge in [-0.1, -0.05) is 0 Å². The fraction of sp³-hybridized carbons (Fsp3) is 0.769. The summed E-state index contributed by atoms with van der Waals surface area (Å²) < 4.78 is 0. The molecule has 94 valence electrons. The Balaban J connectivity index is 1.82. The number of aromatic nitrogens is 2. The topological polar surface area (TPSA) is 57.9 Å². The fourth-order valence-electron chi connectivity index (χ4n) is 3.44. The number of aromatic amines is 1. The summed E-state index contributed by atoms with van der Waals surface area (Å²) in [5.74, 6) is 0.735. The Morgan fingerprint density at radius 2 is 2.24 bits per heavy atom. The maximum Gasteiger partial charge on any atom is 0.0538 e. The van der Waals surface area contributed by atoms with Crippen LogP contribution in [0.2, 0.25) is 0 Å². The summed E-state index contributed by atoms with van der Waals surface area (Å²) in [6, 6.07) is 0.594. The van der Waals surface area contributed by atoms with Crippen LogP contribution in [0.15, 0.2) is 6.20 Å². The van der Waals surface area contributed by atoms with Gasteiger partial charge in [-0.3, -0.25) is 10.00 Å². The van der Waals surface area contributed by atoms with Crippen molar-refractivity contribution in [2.24, 2.45) is 11.7 Å². The third-order valence-corrected chi connectivity index (χ3v) is 4.32. The molecule has 1 saturated heterocycles. The van der Waals surface area contributed by atoms with Gasteiger partial charge < -0.3 is 5.73 Å². The normalized spacial score (nSPS) is 29.5. The quantitative estimate of drug-likeness (QED) is 0.832. The number of hydrogen-bond donors (Lipinski definition) is 2. The predicted octanol–water partition coefficient (Wildman–Crippen LogP) is 1.46. The van der Waals surface area contributed by atoms with Crippen molar-refractivity contribution in [3.63, 3.8) is 0 Å². The van der Waals surface area contributed by atoms with Crippen molar-refractivity contribution in [2.45, 2.75) is 38.1 Å². The zero-order chi connectivity index (χ0) is 11.7. The van der Waals surface area contributed by atoms with Gasteiger partial charge in [-0.2, -0.15) is 5.10 Å². The molecule has 2 unspecified atom stereocenters. The van der Waals surface area contributed by atoms with Crippen LogP contribution in [0, 0.1) is 5.92 Å². The summed E-state index contributed by atoms with van der Waals surface area (Å²) in [5.41, 5.74) is 8.51. The lowest BCUT2D eigenvalue weighted by Gasteiger charge is -2.34. The van der Waals surface area contributed by atoms with Gasteiger partial charge in [-0.25, -0.2) is 0 Å². The van der Waals surface area contributed by atoms with Crippen molar-refractivity contribution < 1.29 is 0 Å². The van der Waals surface area contributed by atoms with Gasteiger partial charge in [0, 0.05) is 17.3 Å². The SMILES string of the molecule is NCCC1Cc2[nH]ncc2C(N2CCCC2)C1. The highest BCUT2D eigenvalue weighted by Crippen LogP contribution is 2.38. The first-order chi connectivity index (χ1) is 8.38. The smallest absolute Gasteiger partial charge is 0.0538 e. The first-order valence-electron chi connectivity index (χ1n) is 6.84. The minimum absolute atomic E-state index is 0.594. The van der Waals surface area contributed by atoms with E-state index in [9.17, 15) is 0 Å². The second kappa shape index (κ2) is 4.78. The molecule has 1 aromatic rings. The van der Waals surface area contributed by atoms with Crippen molar-refractivity contribution in [1.82, 2.24) is 15.1 Å². The van der Waals surface area contributed by atoms with E-state index in [1.165, 1.54) is 43.6 Å². The van der Waals surface area contributed by atoms with Crippen LogP contribution in [0.3, 0.4) is 0 Å². The van der Waals surface area contributed by atoms with Gasteiger partial charge in [-0.15, -0.1) is 0 Å². The summed E-state index contributed by atoms with van der Waals surface area (Å²) >= 11 is 0. The molecule has 4 heteroatoms. The van der Waals surface area contributed by atoms with Crippen molar-refractivity contribution in [3.8, 4) is 0 Å². The molecular formula is C13H22N4. The Bertz CT molecular complexity index is 367. The average molecular weight is 234 g/mol.